The summed E-state index contributed by atoms with van der Waals surface area (Å²) in [6, 6.07) is 15.0. The van der Waals surface area contributed by atoms with Crippen LogP contribution in [0.3, 0.4) is 0 Å². The van der Waals surface area contributed by atoms with Crippen LogP contribution in [0, 0.1) is 11.3 Å². The quantitative estimate of drug-likeness (QED) is 0.906. The van der Waals surface area contributed by atoms with Crippen molar-refractivity contribution in [2.75, 3.05) is 7.11 Å². The first-order valence-electron chi connectivity index (χ1n) is 6.17. The molecule has 0 atom stereocenters. The summed E-state index contributed by atoms with van der Waals surface area (Å²) in [5.41, 5.74) is 1.94. The molecule has 0 fully saturated rings. The summed E-state index contributed by atoms with van der Waals surface area (Å²) in [6.07, 6.45) is 0. The molecule has 0 aromatic heterocycles. The number of benzene rings is 2. The molecule has 0 amide bonds. The van der Waals surface area contributed by atoms with Gasteiger partial charge in [-0.3, -0.25) is 0 Å². The third kappa shape index (κ3) is 3.08. The van der Waals surface area contributed by atoms with Crippen LogP contribution in [-0.4, -0.2) is 12.2 Å². The number of nitriles is 1. The van der Waals surface area contributed by atoms with Crippen molar-refractivity contribution in [1.82, 2.24) is 0 Å². The van der Waals surface area contributed by atoms with Gasteiger partial charge in [0.05, 0.1) is 25.3 Å². The summed E-state index contributed by atoms with van der Waals surface area (Å²) in [4.78, 5) is 0. The maximum absolute atomic E-state index is 9.28. The van der Waals surface area contributed by atoms with Gasteiger partial charge in [0.2, 0.25) is 0 Å². The third-order valence-electron chi connectivity index (χ3n) is 2.92. The number of ether oxygens (including phenoxy) is 2. The van der Waals surface area contributed by atoms with Gasteiger partial charge < -0.3 is 14.6 Å². The van der Waals surface area contributed by atoms with Crippen molar-refractivity contribution in [3.63, 3.8) is 0 Å². The highest BCUT2D eigenvalue weighted by atomic mass is 16.5. The van der Waals surface area contributed by atoms with Crippen LogP contribution in [0.1, 0.15) is 16.7 Å². The van der Waals surface area contributed by atoms with Gasteiger partial charge in [-0.05, 0) is 17.2 Å². The predicted octanol–water partition coefficient (Wildman–Crippen LogP) is 2.64. The number of hydrogen-bond donors (Lipinski definition) is 1. The summed E-state index contributed by atoms with van der Waals surface area (Å²) in [5, 5.41) is 18.3. The van der Waals surface area contributed by atoms with Crippen molar-refractivity contribution in [3.05, 3.63) is 59.2 Å². The fourth-order valence-electron chi connectivity index (χ4n) is 1.84. The molecule has 0 aliphatic rings. The lowest BCUT2D eigenvalue weighted by molar-refractivity contribution is 0.271. The number of methoxy groups -OCH3 is 1. The molecule has 4 nitrogen and oxygen atoms in total. The smallest absolute Gasteiger partial charge is 0.162 e. The van der Waals surface area contributed by atoms with E-state index in [1.165, 1.54) is 7.11 Å². The highest BCUT2D eigenvalue weighted by Crippen LogP contribution is 2.31. The van der Waals surface area contributed by atoms with Crippen molar-refractivity contribution in [2.45, 2.75) is 13.2 Å². The molecule has 0 radical (unpaired) electrons. The lowest BCUT2D eigenvalue weighted by Crippen LogP contribution is -2.00. The van der Waals surface area contributed by atoms with E-state index in [9.17, 15) is 5.11 Å². The van der Waals surface area contributed by atoms with Crippen LogP contribution in [0.25, 0.3) is 0 Å². The van der Waals surface area contributed by atoms with Crippen LogP contribution in [0.15, 0.2) is 42.5 Å². The van der Waals surface area contributed by atoms with Gasteiger partial charge in [-0.15, -0.1) is 0 Å². The molecule has 0 heterocycles. The van der Waals surface area contributed by atoms with E-state index in [1.807, 2.05) is 36.4 Å². The molecule has 2 rings (SSSR count). The third-order valence-corrected chi connectivity index (χ3v) is 2.92. The van der Waals surface area contributed by atoms with Crippen LogP contribution in [-0.2, 0) is 13.2 Å². The van der Waals surface area contributed by atoms with Crippen LogP contribution < -0.4 is 9.47 Å². The molecule has 1 N–H and O–H groups in total. The highest BCUT2D eigenvalue weighted by Gasteiger charge is 2.11. The second-order valence-corrected chi connectivity index (χ2v) is 4.20. The van der Waals surface area contributed by atoms with E-state index >= 15 is 0 Å². The first kappa shape index (κ1) is 13.9. The van der Waals surface area contributed by atoms with Crippen molar-refractivity contribution in [3.8, 4) is 17.6 Å². The predicted molar refractivity (Wildman–Crippen MR) is 74.4 cm³/mol. The SMILES string of the molecule is COc1cc(C#N)c(CO)cc1OCc1ccccc1. The number of rotatable bonds is 5. The second kappa shape index (κ2) is 6.60. The summed E-state index contributed by atoms with van der Waals surface area (Å²) in [7, 11) is 1.52. The zero-order valence-corrected chi connectivity index (χ0v) is 11.2. The molecule has 0 aliphatic carbocycles. The average Bonchev–Trinajstić information content (AvgIpc) is 2.52. The van der Waals surface area contributed by atoms with E-state index in [2.05, 4.69) is 0 Å². The molecule has 0 aliphatic heterocycles. The Balaban J connectivity index is 2.24. The zero-order chi connectivity index (χ0) is 14.4. The summed E-state index contributed by atoms with van der Waals surface area (Å²) in [5.74, 6) is 0.995. The molecule has 0 spiro atoms. The maximum atomic E-state index is 9.28. The summed E-state index contributed by atoms with van der Waals surface area (Å²) in [6.45, 7) is 0.183. The van der Waals surface area contributed by atoms with Crippen LogP contribution in [0.4, 0.5) is 0 Å². The minimum atomic E-state index is -0.214. The molecule has 0 bridgehead atoms. The van der Waals surface area contributed by atoms with Crippen molar-refractivity contribution in [1.29, 1.82) is 5.26 Å². The molecular formula is C16H15NO3. The number of hydrogen-bond acceptors (Lipinski definition) is 4. The Hall–Kier alpha value is -2.51. The topological polar surface area (TPSA) is 62.5 Å². The molecule has 0 unspecified atom stereocenters. The zero-order valence-electron chi connectivity index (χ0n) is 11.2. The van der Waals surface area contributed by atoms with Gasteiger partial charge >= 0.3 is 0 Å². The Bertz CT molecular complexity index is 618. The Morgan fingerprint density at radius 1 is 1.15 bits per heavy atom. The minimum absolute atomic E-state index is 0.214. The van der Waals surface area contributed by atoms with Gasteiger partial charge in [-0.2, -0.15) is 5.26 Å². The first-order chi connectivity index (χ1) is 9.78. The maximum Gasteiger partial charge on any atom is 0.162 e. The van der Waals surface area contributed by atoms with E-state index in [-0.39, 0.29) is 6.61 Å². The van der Waals surface area contributed by atoms with Gasteiger partial charge in [0.15, 0.2) is 11.5 Å². The molecule has 0 saturated heterocycles. The second-order valence-electron chi connectivity index (χ2n) is 4.20. The van der Waals surface area contributed by atoms with E-state index in [4.69, 9.17) is 14.7 Å². The van der Waals surface area contributed by atoms with Crippen molar-refractivity contribution >= 4 is 0 Å². The Labute approximate surface area is 117 Å². The molecule has 102 valence electrons. The molecule has 0 saturated carbocycles. The van der Waals surface area contributed by atoms with E-state index < -0.39 is 0 Å². The molecule has 4 heteroatoms. The van der Waals surface area contributed by atoms with Crippen LogP contribution in [0.5, 0.6) is 11.5 Å². The molecule has 2 aromatic carbocycles. The number of aliphatic hydroxyl groups excluding tert-OH is 1. The Kier molecular flexibility index (Phi) is 4.59. The average molecular weight is 269 g/mol. The Morgan fingerprint density at radius 3 is 2.50 bits per heavy atom. The van der Waals surface area contributed by atoms with E-state index in [0.29, 0.717) is 29.2 Å². The standard InChI is InChI=1S/C16H15NO3/c1-19-15-7-13(9-17)14(10-18)8-16(15)20-11-12-5-3-2-4-6-12/h2-8,18H,10-11H2,1H3. The molecular weight excluding hydrogens is 254 g/mol. The normalized spacial score (nSPS) is 9.85. The molecule has 20 heavy (non-hydrogen) atoms. The van der Waals surface area contributed by atoms with E-state index in [0.717, 1.165) is 5.56 Å². The fourth-order valence-corrected chi connectivity index (χ4v) is 1.84. The monoisotopic (exact) mass is 269 g/mol. The van der Waals surface area contributed by atoms with Gasteiger partial charge in [0.25, 0.3) is 0 Å². The lowest BCUT2D eigenvalue weighted by atomic mass is 10.1. The van der Waals surface area contributed by atoms with Gasteiger partial charge in [-0.25, -0.2) is 0 Å². The van der Waals surface area contributed by atoms with Crippen molar-refractivity contribution < 1.29 is 14.6 Å². The minimum Gasteiger partial charge on any atom is -0.493 e. The molecule has 2 aromatic rings. The van der Waals surface area contributed by atoms with E-state index in [1.54, 1.807) is 12.1 Å². The highest BCUT2D eigenvalue weighted by molar-refractivity contribution is 5.51. The number of nitrogens with zero attached hydrogens (tertiary/aromatic N) is 1. The van der Waals surface area contributed by atoms with Crippen molar-refractivity contribution in [2.24, 2.45) is 0 Å². The fraction of sp³-hybridized carbons (Fsp3) is 0.188. The largest absolute Gasteiger partial charge is 0.493 e. The summed E-state index contributed by atoms with van der Waals surface area (Å²) >= 11 is 0. The van der Waals surface area contributed by atoms with Crippen LogP contribution in [0.2, 0.25) is 0 Å². The lowest BCUT2D eigenvalue weighted by Gasteiger charge is -2.13. The Morgan fingerprint density at radius 2 is 1.90 bits per heavy atom. The van der Waals surface area contributed by atoms with Gasteiger partial charge in [0, 0.05) is 6.07 Å². The number of aliphatic hydroxyl groups is 1. The summed E-state index contributed by atoms with van der Waals surface area (Å²) < 4.78 is 10.9. The first-order valence-corrected chi connectivity index (χ1v) is 6.17. The van der Waals surface area contributed by atoms with Gasteiger partial charge in [-0.1, -0.05) is 30.3 Å². The van der Waals surface area contributed by atoms with Gasteiger partial charge in [0.1, 0.15) is 6.61 Å². The van der Waals surface area contributed by atoms with Crippen LogP contribution >= 0.6 is 0 Å².